The van der Waals surface area contributed by atoms with E-state index in [-0.39, 0.29) is 5.78 Å². The van der Waals surface area contributed by atoms with Crippen molar-refractivity contribution in [3.63, 3.8) is 0 Å². The lowest BCUT2D eigenvalue weighted by Crippen LogP contribution is -2.36. The van der Waals surface area contributed by atoms with Gasteiger partial charge >= 0.3 is 0 Å². The minimum absolute atomic E-state index is 0.125. The number of benzene rings is 1. The Morgan fingerprint density at radius 1 is 1.00 bits per heavy atom. The number of H-pyrrole nitrogens is 2. The summed E-state index contributed by atoms with van der Waals surface area (Å²) in [6, 6.07) is 15.9. The average molecular weight is 480 g/mol. The van der Waals surface area contributed by atoms with Crippen molar-refractivity contribution < 1.29 is 9.53 Å². The van der Waals surface area contributed by atoms with E-state index in [1.807, 2.05) is 42.5 Å². The van der Waals surface area contributed by atoms with Gasteiger partial charge in [-0.25, -0.2) is 9.97 Å². The van der Waals surface area contributed by atoms with Crippen molar-refractivity contribution in [2.75, 3.05) is 31.2 Å². The number of pyridine rings is 1. The van der Waals surface area contributed by atoms with Crippen LogP contribution in [-0.4, -0.2) is 62.2 Å². The molecule has 6 rings (SSSR count). The second kappa shape index (κ2) is 9.71. The summed E-state index contributed by atoms with van der Waals surface area (Å²) >= 11 is 0. The van der Waals surface area contributed by atoms with E-state index >= 15 is 0 Å². The minimum atomic E-state index is 0.125. The zero-order valence-electron chi connectivity index (χ0n) is 19.6. The summed E-state index contributed by atoms with van der Waals surface area (Å²) in [5.74, 6) is 1.05. The van der Waals surface area contributed by atoms with Crippen LogP contribution in [0.5, 0.6) is 0 Å². The molecule has 0 amide bonds. The Kier molecular flexibility index (Phi) is 5.96. The second-order valence-corrected chi connectivity index (χ2v) is 8.85. The molecule has 1 aromatic carbocycles. The molecule has 36 heavy (non-hydrogen) atoms. The smallest absolute Gasteiger partial charge is 0.143 e. The Balaban J connectivity index is 1.14. The molecule has 4 aromatic heterocycles. The largest absolute Gasteiger partial charge is 0.378 e. The van der Waals surface area contributed by atoms with Crippen LogP contribution in [0.2, 0.25) is 0 Å². The van der Waals surface area contributed by atoms with Crippen molar-refractivity contribution in [1.82, 2.24) is 30.1 Å². The number of carbonyl (C=O) groups is 1. The van der Waals surface area contributed by atoms with E-state index in [1.54, 1.807) is 18.7 Å². The number of ketones is 1. The van der Waals surface area contributed by atoms with Crippen LogP contribution in [0.25, 0.3) is 33.5 Å². The van der Waals surface area contributed by atoms with E-state index in [2.05, 4.69) is 41.1 Å². The number of hydrogen-bond donors (Lipinski definition) is 2. The average Bonchev–Trinajstić information content (AvgIpc) is 3.57. The molecule has 0 bridgehead atoms. The number of nitrogens with zero attached hydrogens (tertiary/aromatic N) is 5. The fraction of sp³-hybridized carbons (Fsp3) is 0.222. The Hall–Kier alpha value is -4.37. The Bertz CT molecular complexity index is 1490. The van der Waals surface area contributed by atoms with Crippen molar-refractivity contribution in [3.05, 3.63) is 78.5 Å². The van der Waals surface area contributed by atoms with Crippen molar-refractivity contribution in [2.24, 2.45) is 0 Å². The fourth-order valence-electron chi connectivity index (χ4n) is 4.53. The number of aromatic amines is 2. The van der Waals surface area contributed by atoms with Crippen molar-refractivity contribution >= 4 is 22.6 Å². The normalized spacial score (nSPS) is 13.8. The van der Waals surface area contributed by atoms with Gasteiger partial charge in [0.2, 0.25) is 0 Å². The summed E-state index contributed by atoms with van der Waals surface area (Å²) in [7, 11) is 0. The first-order valence-corrected chi connectivity index (χ1v) is 11.9. The molecule has 0 atom stereocenters. The predicted octanol–water partition coefficient (Wildman–Crippen LogP) is 3.60. The van der Waals surface area contributed by atoms with E-state index in [9.17, 15) is 4.79 Å². The van der Waals surface area contributed by atoms with Crippen LogP contribution < -0.4 is 4.90 Å². The van der Waals surface area contributed by atoms with Gasteiger partial charge in [-0.1, -0.05) is 24.3 Å². The SMILES string of the molecule is O=C(Cc1ccc(-c2cc3c(N4CCOCC4)ncnc3[nH]2)cc1)Cc1cc(-c2cccnc2)n[nH]1. The first-order chi connectivity index (χ1) is 17.7. The zero-order chi connectivity index (χ0) is 24.3. The fourth-order valence-corrected chi connectivity index (χ4v) is 4.53. The van der Waals surface area contributed by atoms with Crippen LogP contribution in [0.4, 0.5) is 5.82 Å². The number of hydrogen-bond acceptors (Lipinski definition) is 7. The van der Waals surface area contributed by atoms with E-state index < -0.39 is 0 Å². The molecule has 0 unspecified atom stereocenters. The van der Waals surface area contributed by atoms with Gasteiger partial charge in [0.1, 0.15) is 23.6 Å². The molecule has 5 heterocycles. The third-order valence-corrected chi connectivity index (χ3v) is 6.36. The Morgan fingerprint density at radius 2 is 1.86 bits per heavy atom. The third-order valence-electron chi connectivity index (χ3n) is 6.36. The van der Waals surface area contributed by atoms with Gasteiger partial charge in [0.05, 0.1) is 24.3 Å². The molecule has 0 spiro atoms. The maximum atomic E-state index is 12.7. The maximum absolute atomic E-state index is 12.7. The Labute approximate surface area is 207 Å². The number of morpholine rings is 1. The van der Waals surface area contributed by atoms with Crippen LogP contribution in [0.1, 0.15) is 11.3 Å². The van der Waals surface area contributed by atoms with Crippen molar-refractivity contribution in [2.45, 2.75) is 12.8 Å². The number of carbonyl (C=O) groups excluding carboxylic acids is 1. The zero-order valence-corrected chi connectivity index (χ0v) is 19.6. The van der Waals surface area contributed by atoms with Gasteiger partial charge in [0.15, 0.2) is 0 Å². The van der Waals surface area contributed by atoms with Crippen molar-refractivity contribution in [3.8, 4) is 22.5 Å². The lowest BCUT2D eigenvalue weighted by molar-refractivity contribution is -0.117. The molecular weight excluding hydrogens is 454 g/mol. The predicted molar refractivity (Wildman–Crippen MR) is 137 cm³/mol. The molecule has 1 fully saturated rings. The van der Waals surface area contributed by atoms with Crippen LogP contribution in [0.15, 0.2) is 67.3 Å². The minimum Gasteiger partial charge on any atom is -0.378 e. The quantitative estimate of drug-likeness (QED) is 0.367. The summed E-state index contributed by atoms with van der Waals surface area (Å²) in [4.78, 5) is 31.4. The van der Waals surface area contributed by atoms with Gasteiger partial charge in [-0.05, 0) is 35.4 Å². The molecule has 2 N–H and O–H groups in total. The lowest BCUT2D eigenvalue weighted by atomic mass is 10.0. The number of fused-ring (bicyclic) bond motifs is 1. The standard InChI is InChI=1S/C27H25N7O2/c35-22(13-21-14-25(33-32-21)20-2-1-7-28-16-20)12-18-3-5-19(6-4-18)24-15-23-26(31-24)29-17-30-27(23)34-8-10-36-11-9-34/h1-7,14-17H,8-13H2,(H,32,33)(H,29,30,31). The molecule has 0 saturated carbocycles. The summed E-state index contributed by atoms with van der Waals surface area (Å²) in [5, 5.41) is 8.27. The summed E-state index contributed by atoms with van der Waals surface area (Å²) in [6.07, 6.45) is 5.75. The number of rotatable bonds is 7. The van der Waals surface area contributed by atoms with Gasteiger partial charge in [-0.2, -0.15) is 5.10 Å². The first-order valence-electron chi connectivity index (χ1n) is 11.9. The monoisotopic (exact) mass is 479 g/mol. The maximum Gasteiger partial charge on any atom is 0.143 e. The van der Waals surface area contributed by atoms with E-state index in [0.717, 1.165) is 63.7 Å². The molecular formula is C27H25N7O2. The molecule has 1 aliphatic heterocycles. The number of anilines is 1. The molecule has 1 aliphatic rings. The topological polar surface area (TPSA) is 113 Å². The highest BCUT2D eigenvalue weighted by Gasteiger charge is 2.17. The van der Waals surface area contributed by atoms with Crippen LogP contribution in [0.3, 0.4) is 0 Å². The van der Waals surface area contributed by atoms with Crippen LogP contribution >= 0.6 is 0 Å². The number of nitrogens with one attached hydrogen (secondary N) is 2. The number of ether oxygens (including phenoxy) is 1. The van der Waals surface area contributed by atoms with Gasteiger partial charge in [0, 0.05) is 55.3 Å². The molecule has 0 aliphatic carbocycles. The Morgan fingerprint density at radius 3 is 2.67 bits per heavy atom. The summed E-state index contributed by atoms with van der Waals surface area (Å²) < 4.78 is 5.47. The molecule has 180 valence electrons. The van der Waals surface area contributed by atoms with Crippen molar-refractivity contribution in [1.29, 1.82) is 0 Å². The van der Waals surface area contributed by atoms with E-state index in [0.29, 0.717) is 26.1 Å². The van der Waals surface area contributed by atoms with Gasteiger partial charge in [-0.3, -0.25) is 14.9 Å². The van der Waals surface area contributed by atoms with Crippen LogP contribution in [0, 0.1) is 0 Å². The van der Waals surface area contributed by atoms with Gasteiger partial charge in [0.25, 0.3) is 0 Å². The first kappa shape index (κ1) is 22.1. The van der Waals surface area contributed by atoms with E-state index in [4.69, 9.17) is 4.74 Å². The highest BCUT2D eigenvalue weighted by molar-refractivity contribution is 5.92. The number of Topliss-reactive ketones (excluding diaryl/α,β-unsaturated/α-hetero) is 1. The summed E-state index contributed by atoms with van der Waals surface area (Å²) in [6.45, 7) is 3.04. The molecule has 0 radical (unpaired) electrons. The summed E-state index contributed by atoms with van der Waals surface area (Å²) in [5.41, 5.74) is 6.29. The highest BCUT2D eigenvalue weighted by Crippen LogP contribution is 2.29. The second-order valence-electron chi connectivity index (χ2n) is 8.85. The van der Waals surface area contributed by atoms with E-state index in [1.165, 1.54) is 0 Å². The molecule has 9 heteroatoms. The van der Waals surface area contributed by atoms with Gasteiger partial charge in [-0.15, -0.1) is 0 Å². The highest BCUT2D eigenvalue weighted by atomic mass is 16.5. The number of aromatic nitrogens is 6. The third kappa shape index (κ3) is 4.60. The van der Waals surface area contributed by atoms with Gasteiger partial charge < -0.3 is 14.6 Å². The molecule has 1 saturated heterocycles. The van der Waals surface area contributed by atoms with Crippen LogP contribution in [-0.2, 0) is 22.4 Å². The lowest BCUT2D eigenvalue weighted by Gasteiger charge is -2.27. The molecule has 5 aromatic rings. The molecule has 9 nitrogen and oxygen atoms in total.